The average molecular weight is 412 g/mol. The molecule has 0 unspecified atom stereocenters. The van der Waals surface area contributed by atoms with Gasteiger partial charge in [-0.3, -0.25) is 4.79 Å². The van der Waals surface area contributed by atoms with Gasteiger partial charge >= 0.3 is 10.1 Å². The summed E-state index contributed by atoms with van der Waals surface area (Å²) in [5.41, 5.74) is 1.21. The summed E-state index contributed by atoms with van der Waals surface area (Å²) in [7, 11) is -2.05. The van der Waals surface area contributed by atoms with Gasteiger partial charge in [0.2, 0.25) is 0 Å². The molecule has 2 rings (SSSR count). The van der Waals surface area contributed by atoms with Gasteiger partial charge in [-0.25, -0.2) is 0 Å². The van der Waals surface area contributed by atoms with E-state index in [2.05, 4.69) is 0 Å². The van der Waals surface area contributed by atoms with E-state index < -0.39 is 10.1 Å². The lowest BCUT2D eigenvalue weighted by atomic mass is 10.1. The first-order chi connectivity index (χ1) is 12.8. The number of carbonyl (C=O) groups excluding carboxylic acids is 1. The molecule has 2 aromatic rings. The van der Waals surface area contributed by atoms with Gasteiger partial charge in [0.05, 0.1) is 12.4 Å². The fraction of sp³-hybridized carbons (Fsp3) is 0.316. The molecule has 0 N–H and O–H groups in total. The SMILES string of the molecule is CCS(=O)(=O)Oc1cccc(CN(CCOC)C(=O)c2cccc(Cl)c2)c1. The average Bonchev–Trinajstić information content (AvgIpc) is 2.64. The number of rotatable bonds is 9. The fourth-order valence-corrected chi connectivity index (χ4v) is 3.08. The quantitative estimate of drug-likeness (QED) is 0.591. The number of methoxy groups -OCH3 is 1. The van der Waals surface area contributed by atoms with Crippen molar-refractivity contribution < 1.29 is 22.1 Å². The molecular formula is C19H22ClNO5S. The summed E-state index contributed by atoms with van der Waals surface area (Å²) in [4.78, 5) is 14.5. The minimum Gasteiger partial charge on any atom is -0.383 e. The van der Waals surface area contributed by atoms with E-state index >= 15 is 0 Å². The van der Waals surface area contributed by atoms with Gasteiger partial charge in [-0.2, -0.15) is 8.42 Å². The van der Waals surface area contributed by atoms with Crippen LogP contribution in [0.5, 0.6) is 5.75 Å². The topological polar surface area (TPSA) is 72.9 Å². The maximum atomic E-state index is 12.9. The van der Waals surface area contributed by atoms with E-state index in [0.29, 0.717) is 23.7 Å². The van der Waals surface area contributed by atoms with Gasteiger partial charge in [0, 0.05) is 30.8 Å². The Balaban J connectivity index is 2.22. The predicted molar refractivity (Wildman–Crippen MR) is 105 cm³/mol. The molecule has 1 amide bonds. The molecule has 6 nitrogen and oxygen atoms in total. The van der Waals surface area contributed by atoms with Crippen LogP contribution in [0.2, 0.25) is 5.02 Å². The molecule has 0 saturated heterocycles. The zero-order valence-electron chi connectivity index (χ0n) is 15.2. The lowest BCUT2D eigenvalue weighted by Gasteiger charge is -2.23. The molecule has 0 atom stereocenters. The molecule has 0 aliphatic carbocycles. The van der Waals surface area contributed by atoms with E-state index in [0.717, 1.165) is 5.56 Å². The van der Waals surface area contributed by atoms with Gasteiger partial charge in [0.1, 0.15) is 5.75 Å². The number of nitrogens with zero attached hydrogens (tertiary/aromatic N) is 1. The van der Waals surface area contributed by atoms with Crippen molar-refractivity contribution in [2.75, 3.05) is 26.0 Å². The highest BCUT2D eigenvalue weighted by Crippen LogP contribution is 2.19. The zero-order valence-corrected chi connectivity index (χ0v) is 16.8. The van der Waals surface area contributed by atoms with Gasteiger partial charge in [-0.15, -0.1) is 0 Å². The molecule has 0 radical (unpaired) electrons. The van der Waals surface area contributed by atoms with Crippen LogP contribution in [0.25, 0.3) is 0 Å². The van der Waals surface area contributed by atoms with E-state index in [1.807, 2.05) is 0 Å². The second-order valence-electron chi connectivity index (χ2n) is 5.81. The maximum Gasteiger partial charge on any atom is 0.308 e. The second-order valence-corrected chi connectivity index (χ2v) is 8.10. The third kappa shape index (κ3) is 6.53. The minimum atomic E-state index is -3.61. The first kappa shape index (κ1) is 21.2. The highest BCUT2D eigenvalue weighted by Gasteiger charge is 2.17. The highest BCUT2D eigenvalue weighted by molar-refractivity contribution is 7.87. The number of benzene rings is 2. The van der Waals surface area contributed by atoms with Gasteiger partial charge in [-0.05, 0) is 42.8 Å². The van der Waals surface area contributed by atoms with Crippen LogP contribution >= 0.6 is 11.6 Å². The van der Waals surface area contributed by atoms with Crippen molar-refractivity contribution in [1.82, 2.24) is 4.90 Å². The van der Waals surface area contributed by atoms with Crippen LogP contribution in [0.1, 0.15) is 22.8 Å². The predicted octanol–water partition coefficient (Wildman–Crippen LogP) is 3.36. The van der Waals surface area contributed by atoms with Crippen molar-refractivity contribution in [1.29, 1.82) is 0 Å². The molecule has 0 aliphatic rings. The van der Waals surface area contributed by atoms with Crippen molar-refractivity contribution in [3.63, 3.8) is 0 Å². The van der Waals surface area contributed by atoms with Crippen LogP contribution in [0.15, 0.2) is 48.5 Å². The Morgan fingerprint density at radius 3 is 2.56 bits per heavy atom. The summed E-state index contributed by atoms with van der Waals surface area (Å²) in [6, 6.07) is 13.4. The Labute approximate surface area is 164 Å². The molecule has 0 aromatic heterocycles. The molecule has 0 bridgehead atoms. The van der Waals surface area contributed by atoms with Gasteiger partial charge < -0.3 is 13.8 Å². The van der Waals surface area contributed by atoms with E-state index in [1.54, 1.807) is 60.5 Å². The smallest absolute Gasteiger partial charge is 0.308 e. The van der Waals surface area contributed by atoms with E-state index in [-0.39, 0.29) is 24.0 Å². The van der Waals surface area contributed by atoms with Crippen LogP contribution in [0, 0.1) is 0 Å². The van der Waals surface area contributed by atoms with Crippen LogP contribution in [-0.2, 0) is 21.4 Å². The monoisotopic (exact) mass is 411 g/mol. The maximum absolute atomic E-state index is 12.9. The third-order valence-electron chi connectivity index (χ3n) is 3.77. The molecule has 0 saturated carbocycles. The van der Waals surface area contributed by atoms with Gasteiger partial charge in [0.25, 0.3) is 5.91 Å². The number of hydrogen-bond donors (Lipinski definition) is 0. The molecule has 2 aromatic carbocycles. The highest BCUT2D eigenvalue weighted by atomic mass is 35.5. The Morgan fingerprint density at radius 1 is 1.15 bits per heavy atom. The largest absolute Gasteiger partial charge is 0.383 e. The molecular weight excluding hydrogens is 390 g/mol. The van der Waals surface area contributed by atoms with Crippen LogP contribution in [0.4, 0.5) is 0 Å². The number of halogens is 1. The number of ether oxygens (including phenoxy) is 1. The van der Waals surface area contributed by atoms with E-state index in [1.165, 1.54) is 6.92 Å². The third-order valence-corrected chi connectivity index (χ3v) is 5.16. The summed E-state index contributed by atoms with van der Waals surface area (Å²) in [6.45, 7) is 2.53. The van der Waals surface area contributed by atoms with Crippen LogP contribution in [0.3, 0.4) is 0 Å². The first-order valence-corrected chi connectivity index (χ1v) is 10.3. The lowest BCUT2D eigenvalue weighted by molar-refractivity contribution is 0.0680. The summed E-state index contributed by atoms with van der Waals surface area (Å²) in [6.07, 6.45) is 0. The van der Waals surface area contributed by atoms with Gasteiger partial charge in [-0.1, -0.05) is 29.8 Å². The van der Waals surface area contributed by atoms with E-state index in [9.17, 15) is 13.2 Å². The summed E-state index contributed by atoms with van der Waals surface area (Å²) < 4.78 is 33.4. The van der Waals surface area contributed by atoms with Gasteiger partial charge in [0.15, 0.2) is 0 Å². The molecule has 0 fully saturated rings. The first-order valence-electron chi connectivity index (χ1n) is 8.39. The normalized spacial score (nSPS) is 11.2. The molecule has 0 spiro atoms. The molecule has 27 heavy (non-hydrogen) atoms. The summed E-state index contributed by atoms with van der Waals surface area (Å²) >= 11 is 5.99. The molecule has 0 heterocycles. The summed E-state index contributed by atoms with van der Waals surface area (Å²) in [5.74, 6) is -0.0944. The summed E-state index contributed by atoms with van der Waals surface area (Å²) in [5, 5.41) is 0.479. The Hall–Kier alpha value is -2.09. The second kappa shape index (κ2) is 9.73. The van der Waals surface area contributed by atoms with Crippen LogP contribution < -0.4 is 4.18 Å². The standard InChI is InChI=1S/C19H22ClNO5S/c1-3-27(23,24)26-18-9-4-6-15(12-18)14-21(10-11-25-2)19(22)16-7-5-8-17(20)13-16/h4-9,12-13H,3,10-11,14H2,1-2H3. The Kier molecular flexibility index (Phi) is 7.65. The fourth-order valence-electron chi connectivity index (χ4n) is 2.38. The van der Waals surface area contributed by atoms with E-state index in [4.69, 9.17) is 20.5 Å². The number of carbonyl (C=O) groups is 1. The van der Waals surface area contributed by atoms with Crippen molar-refractivity contribution in [2.45, 2.75) is 13.5 Å². The van der Waals surface area contributed by atoms with Crippen molar-refractivity contribution in [3.05, 3.63) is 64.7 Å². The lowest BCUT2D eigenvalue weighted by Crippen LogP contribution is -2.33. The van der Waals surface area contributed by atoms with Crippen molar-refractivity contribution in [3.8, 4) is 5.75 Å². The molecule has 146 valence electrons. The Morgan fingerprint density at radius 2 is 1.89 bits per heavy atom. The number of hydrogen-bond acceptors (Lipinski definition) is 5. The number of amides is 1. The molecule has 0 aliphatic heterocycles. The Bertz CT molecular complexity index is 885. The minimum absolute atomic E-state index is 0.121. The van der Waals surface area contributed by atoms with Crippen molar-refractivity contribution >= 4 is 27.6 Å². The zero-order chi connectivity index (χ0) is 19.9. The molecule has 8 heteroatoms. The van der Waals surface area contributed by atoms with Crippen LogP contribution in [-0.4, -0.2) is 45.2 Å². The van der Waals surface area contributed by atoms with Crippen molar-refractivity contribution in [2.24, 2.45) is 0 Å².